The molecule has 0 heterocycles. The Morgan fingerprint density at radius 1 is 0.714 bits per heavy atom. The van der Waals surface area contributed by atoms with Crippen molar-refractivity contribution < 1.29 is 4.39 Å². The maximum Gasteiger partial charge on any atom is 0.151 e. The van der Waals surface area contributed by atoms with Crippen LogP contribution in [0.4, 0.5) is 21.5 Å². The smallest absolute Gasteiger partial charge is 0.151 e. The van der Waals surface area contributed by atoms with E-state index in [1.54, 1.807) is 6.07 Å². The van der Waals surface area contributed by atoms with Crippen molar-refractivity contribution in [2.75, 3.05) is 19.0 Å². The Morgan fingerprint density at radius 2 is 1.34 bits per heavy atom. The van der Waals surface area contributed by atoms with Crippen LogP contribution in [0.15, 0.2) is 77.0 Å². The number of nitrogens with zero attached hydrogens (tertiary/aromatic N) is 3. The fourth-order valence-corrected chi connectivity index (χ4v) is 3.91. The van der Waals surface area contributed by atoms with E-state index >= 15 is 0 Å². The van der Waals surface area contributed by atoms with E-state index in [-0.39, 0.29) is 11.5 Å². The molecule has 35 heavy (non-hydrogen) atoms. The molecule has 184 valence electrons. The number of aryl methyl sites for hydroxylation is 1. The van der Waals surface area contributed by atoms with Gasteiger partial charge in [0, 0.05) is 19.8 Å². The largest absolute Gasteiger partial charge is 0.378 e. The van der Waals surface area contributed by atoms with Crippen LogP contribution < -0.4 is 4.90 Å². The molecule has 3 aromatic rings. The minimum atomic E-state index is -0.383. The highest BCUT2D eigenvalue weighted by Crippen LogP contribution is 2.24. The monoisotopic (exact) mass is 471 g/mol. The second-order valence-electron chi connectivity index (χ2n) is 9.27. The lowest BCUT2D eigenvalue weighted by atomic mass is 10.0. The summed E-state index contributed by atoms with van der Waals surface area (Å²) in [4.78, 5) is 2.01. The van der Waals surface area contributed by atoms with Crippen LogP contribution in [0.3, 0.4) is 0 Å². The van der Waals surface area contributed by atoms with Gasteiger partial charge in [-0.25, -0.2) is 4.39 Å². The second-order valence-corrected chi connectivity index (χ2v) is 9.27. The average molecular weight is 472 g/mol. The molecule has 0 aliphatic carbocycles. The maximum absolute atomic E-state index is 14.5. The Hall–Kier alpha value is -3.27. The van der Waals surface area contributed by atoms with Crippen LogP contribution in [0.5, 0.6) is 0 Å². The SMILES string of the molecule is CCCCCCCCCc1ccc(/C=C/c2ccc(N=Nc3ccc(N(C)C)cc3)c(F)c2)cc1. The first-order valence-corrected chi connectivity index (χ1v) is 12.8. The maximum atomic E-state index is 14.5. The van der Waals surface area contributed by atoms with E-state index in [0.29, 0.717) is 5.69 Å². The Bertz CT molecular complexity index is 1080. The van der Waals surface area contributed by atoms with Crippen molar-refractivity contribution in [1.29, 1.82) is 0 Å². The van der Waals surface area contributed by atoms with Gasteiger partial charge in [0.1, 0.15) is 5.69 Å². The lowest BCUT2D eigenvalue weighted by Crippen LogP contribution is -2.07. The molecular weight excluding hydrogens is 433 g/mol. The second kappa shape index (κ2) is 14.2. The van der Waals surface area contributed by atoms with Gasteiger partial charge in [0.15, 0.2) is 5.82 Å². The van der Waals surface area contributed by atoms with Crippen molar-refractivity contribution in [2.45, 2.75) is 58.3 Å². The van der Waals surface area contributed by atoms with Gasteiger partial charge in [-0.15, -0.1) is 5.11 Å². The zero-order valence-electron chi connectivity index (χ0n) is 21.4. The third-order valence-electron chi connectivity index (χ3n) is 6.13. The fourth-order valence-electron chi connectivity index (χ4n) is 3.91. The van der Waals surface area contributed by atoms with Gasteiger partial charge in [-0.2, -0.15) is 5.11 Å². The van der Waals surface area contributed by atoms with E-state index in [4.69, 9.17) is 0 Å². The van der Waals surface area contributed by atoms with Crippen molar-refractivity contribution >= 4 is 29.2 Å². The van der Waals surface area contributed by atoms with E-state index in [9.17, 15) is 4.39 Å². The van der Waals surface area contributed by atoms with Crippen molar-refractivity contribution in [3.63, 3.8) is 0 Å². The van der Waals surface area contributed by atoms with Crippen LogP contribution in [0, 0.1) is 5.82 Å². The molecule has 0 aliphatic rings. The molecule has 0 saturated heterocycles. The molecule has 0 N–H and O–H groups in total. The van der Waals surface area contributed by atoms with Gasteiger partial charge in [0.05, 0.1) is 5.69 Å². The summed E-state index contributed by atoms with van der Waals surface area (Å²) in [5, 5.41) is 8.24. The van der Waals surface area contributed by atoms with E-state index < -0.39 is 0 Å². The van der Waals surface area contributed by atoms with Crippen LogP contribution >= 0.6 is 0 Å². The molecule has 0 radical (unpaired) electrons. The molecule has 0 atom stereocenters. The average Bonchev–Trinajstić information content (AvgIpc) is 2.87. The molecule has 0 amide bonds. The zero-order valence-corrected chi connectivity index (χ0v) is 21.4. The summed E-state index contributed by atoms with van der Waals surface area (Å²) >= 11 is 0. The lowest BCUT2D eigenvalue weighted by Gasteiger charge is -2.11. The summed E-state index contributed by atoms with van der Waals surface area (Å²) in [5.41, 5.74) is 5.28. The van der Waals surface area contributed by atoms with Crippen molar-refractivity contribution in [2.24, 2.45) is 10.2 Å². The van der Waals surface area contributed by atoms with Gasteiger partial charge in [-0.1, -0.05) is 87.9 Å². The van der Waals surface area contributed by atoms with Gasteiger partial charge in [-0.3, -0.25) is 0 Å². The number of hydrogen-bond donors (Lipinski definition) is 0. The number of anilines is 1. The molecule has 3 rings (SSSR count). The fraction of sp³-hybridized carbons (Fsp3) is 0.355. The topological polar surface area (TPSA) is 28.0 Å². The van der Waals surface area contributed by atoms with Crippen LogP contribution in [0.1, 0.15) is 68.6 Å². The lowest BCUT2D eigenvalue weighted by molar-refractivity contribution is 0.589. The van der Waals surface area contributed by atoms with Gasteiger partial charge in [0.2, 0.25) is 0 Å². The molecule has 0 spiro atoms. The third kappa shape index (κ3) is 9.12. The molecule has 3 aromatic carbocycles. The molecule has 4 heteroatoms. The van der Waals surface area contributed by atoms with Crippen LogP contribution in [0.25, 0.3) is 12.2 Å². The summed E-state index contributed by atoms with van der Waals surface area (Å²) < 4.78 is 14.5. The Balaban J connectivity index is 1.49. The first-order valence-electron chi connectivity index (χ1n) is 12.8. The molecule has 0 unspecified atom stereocenters. The van der Waals surface area contributed by atoms with E-state index in [2.05, 4.69) is 41.4 Å². The first-order chi connectivity index (χ1) is 17.0. The molecular formula is C31H38FN3. The van der Waals surface area contributed by atoms with E-state index in [1.165, 1.54) is 56.6 Å². The normalized spacial score (nSPS) is 11.5. The molecule has 3 nitrogen and oxygen atoms in total. The quantitative estimate of drug-likeness (QED) is 0.138. The van der Waals surface area contributed by atoms with Crippen molar-refractivity contribution in [1.82, 2.24) is 0 Å². The van der Waals surface area contributed by atoms with E-state index in [1.807, 2.05) is 61.5 Å². The van der Waals surface area contributed by atoms with Gasteiger partial charge in [-0.05, 0) is 65.9 Å². The first kappa shape index (κ1) is 26.3. The minimum absolute atomic E-state index is 0.230. The highest BCUT2D eigenvalue weighted by Gasteiger charge is 2.02. The zero-order chi connectivity index (χ0) is 24.9. The summed E-state index contributed by atoms with van der Waals surface area (Å²) in [6.45, 7) is 2.26. The van der Waals surface area contributed by atoms with Crippen molar-refractivity contribution in [3.8, 4) is 0 Å². The Kier molecular flexibility index (Phi) is 10.7. The molecule has 0 fully saturated rings. The van der Waals surface area contributed by atoms with Crippen molar-refractivity contribution in [3.05, 3.63) is 89.2 Å². The molecule has 0 bridgehead atoms. The van der Waals surface area contributed by atoms with Crippen LogP contribution in [0.2, 0.25) is 0 Å². The molecule has 0 aliphatic heterocycles. The van der Waals surface area contributed by atoms with Gasteiger partial charge >= 0.3 is 0 Å². The highest BCUT2D eigenvalue weighted by atomic mass is 19.1. The highest BCUT2D eigenvalue weighted by molar-refractivity contribution is 5.70. The number of azo groups is 1. The molecule has 0 aromatic heterocycles. The summed E-state index contributed by atoms with van der Waals surface area (Å²) in [6.07, 6.45) is 14.4. The Morgan fingerprint density at radius 3 is 2.00 bits per heavy atom. The standard InChI is InChI=1S/C31H38FN3/c1-4-5-6-7-8-9-10-11-25-12-14-26(15-13-25)16-17-27-18-23-31(30(32)24-27)34-33-28-19-21-29(22-20-28)35(2)3/h12-24H,4-11H2,1-3H3/b17-16+,34-33?. The summed E-state index contributed by atoms with van der Waals surface area (Å²) in [7, 11) is 3.96. The van der Waals surface area contributed by atoms with Crippen LogP contribution in [-0.2, 0) is 6.42 Å². The number of rotatable bonds is 13. The number of benzene rings is 3. The third-order valence-corrected chi connectivity index (χ3v) is 6.13. The van der Waals surface area contributed by atoms with Gasteiger partial charge in [0.25, 0.3) is 0 Å². The van der Waals surface area contributed by atoms with Crippen LogP contribution in [-0.4, -0.2) is 14.1 Å². The van der Waals surface area contributed by atoms with E-state index in [0.717, 1.165) is 23.2 Å². The predicted octanol–water partition coefficient (Wildman–Crippen LogP) is 9.77. The summed E-state index contributed by atoms with van der Waals surface area (Å²) in [5.74, 6) is -0.383. The molecule has 0 saturated carbocycles. The van der Waals surface area contributed by atoms with Gasteiger partial charge < -0.3 is 4.90 Å². The number of halogens is 1. The number of hydrogen-bond acceptors (Lipinski definition) is 3. The minimum Gasteiger partial charge on any atom is -0.378 e. The number of unbranched alkanes of at least 4 members (excludes halogenated alkanes) is 6. The summed E-state index contributed by atoms with van der Waals surface area (Å²) in [6, 6.07) is 21.3. The Labute approximate surface area is 210 Å². The predicted molar refractivity (Wildman–Crippen MR) is 148 cm³/mol.